The lowest BCUT2D eigenvalue weighted by Crippen LogP contribution is -2.30. The summed E-state index contributed by atoms with van der Waals surface area (Å²) >= 11 is 0. The van der Waals surface area contributed by atoms with Crippen LogP contribution in [0, 0.1) is 17.6 Å². The molecular weight excluding hydrogens is 330 g/mol. The molecule has 1 N–H and O–H groups in total. The van der Waals surface area contributed by atoms with Gasteiger partial charge in [-0.3, -0.25) is 4.79 Å². The van der Waals surface area contributed by atoms with E-state index in [4.69, 9.17) is 9.15 Å². The van der Waals surface area contributed by atoms with Gasteiger partial charge in [-0.05, 0) is 36.6 Å². The zero-order chi connectivity index (χ0) is 17.8. The molecule has 1 fully saturated rings. The highest BCUT2D eigenvalue weighted by Crippen LogP contribution is 2.25. The van der Waals surface area contributed by atoms with Crippen LogP contribution in [0.4, 0.5) is 14.5 Å². The standard InChI is InChI=1S/C18H20F2N2O3/c1-24-11-14-3-5-17(25-14)18(23)21-9-12-6-7-22(10-12)13-2-4-15(19)16(20)8-13/h2-5,8,12H,6-7,9-11H2,1H3,(H,21,23). The van der Waals surface area contributed by atoms with Gasteiger partial charge in [0.25, 0.3) is 5.91 Å². The highest BCUT2D eigenvalue weighted by Gasteiger charge is 2.24. The number of rotatable bonds is 6. The fourth-order valence-corrected chi connectivity index (χ4v) is 2.96. The number of furan rings is 1. The van der Waals surface area contributed by atoms with E-state index in [1.54, 1.807) is 25.3 Å². The van der Waals surface area contributed by atoms with Crippen molar-refractivity contribution < 1.29 is 22.7 Å². The number of hydrogen-bond acceptors (Lipinski definition) is 4. The third-order valence-corrected chi connectivity index (χ3v) is 4.28. The van der Waals surface area contributed by atoms with Crippen molar-refractivity contribution in [2.45, 2.75) is 13.0 Å². The minimum atomic E-state index is -0.849. The fraction of sp³-hybridized carbons (Fsp3) is 0.389. The molecule has 1 aromatic heterocycles. The van der Waals surface area contributed by atoms with Gasteiger partial charge in [-0.2, -0.15) is 0 Å². The van der Waals surface area contributed by atoms with E-state index in [0.29, 0.717) is 31.1 Å². The Bertz CT molecular complexity index is 748. The van der Waals surface area contributed by atoms with E-state index in [9.17, 15) is 13.6 Å². The van der Waals surface area contributed by atoms with Crippen LogP contribution in [0.3, 0.4) is 0 Å². The Kier molecular flexibility index (Phi) is 5.33. The molecule has 1 aliphatic rings. The maximum Gasteiger partial charge on any atom is 0.287 e. The van der Waals surface area contributed by atoms with Gasteiger partial charge in [0.2, 0.25) is 0 Å². The number of nitrogens with zero attached hydrogens (tertiary/aromatic N) is 1. The maximum atomic E-state index is 13.4. The summed E-state index contributed by atoms with van der Waals surface area (Å²) in [6.07, 6.45) is 0.867. The molecule has 5 nitrogen and oxygen atoms in total. The molecule has 3 rings (SSSR count). The van der Waals surface area contributed by atoms with Crippen LogP contribution in [-0.2, 0) is 11.3 Å². The monoisotopic (exact) mass is 350 g/mol. The highest BCUT2D eigenvalue weighted by molar-refractivity contribution is 5.91. The fourth-order valence-electron chi connectivity index (χ4n) is 2.96. The number of carbonyl (C=O) groups is 1. The Labute approximate surface area is 144 Å². The molecule has 0 spiro atoms. The molecule has 2 aromatic rings. The van der Waals surface area contributed by atoms with Gasteiger partial charge in [0.1, 0.15) is 12.4 Å². The molecule has 1 amide bonds. The second-order valence-corrected chi connectivity index (χ2v) is 6.11. The van der Waals surface area contributed by atoms with Gasteiger partial charge in [-0.25, -0.2) is 8.78 Å². The molecule has 25 heavy (non-hydrogen) atoms. The van der Waals surface area contributed by atoms with Crippen molar-refractivity contribution in [3.8, 4) is 0 Å². The molecule has 1 saturated heterocycles. The number of ether oxygens (including phenoxy) is 1. The Hall–Kier alpha value is -2.41. The average Bonchev–Trinajstić information content (AvgIpc) is 3.25. The Balaban J connectivity index is 1.51. The predicted molar refractivity (Wildman–Crippen MR) is 88.4 cm³/mol. The smallest absolute Gasteiger partial charge is 0.287 e. The second-order valence-electron chi connectivity index (χ2n) is 6.11. The Morgan fingerprint density at radius 3 is 2.92 bits per heavy atom. The van der Waals surface area contributed by atoms with Gasteiger partial charge < -0.3 is 19.4 Å². The first-order valence-electron chi connectivity index (χ1n) is 8.12. The first-order chi connectivity index (χ1) is 12.1. The number of nitrogens with one attached hydrogen (secondary N) is 1. The molecule has 2 heterocycles. The van der Waals surface area contributed by atoms with Crippen LogP contribution in [0.2, 0.25) is 0 Å². The van der Waals surface area contributed by atoms with E-state index in [1.165, 1.54) is 6.07 Å². The number of halogens is 2. The zero-order valence-electron chi connectivity index (χ0n) is 13.9. The van der Waals surface area contributed by atoms with E-state index in [-0.39, 0.29) is 17.6 Å². The topological polar surface area (TPSA) is 54.7 Å². The van der Waals surface area contributed by atoms with Crippen LogP contribution in [0.5, 0.6) is 0 Å². The van der Waals surface area contributed by atoms with Crippen molar-refractivity contribution in [2.24, 2.45) is 5.92 Å². The summed E-state index contributed by atoms with van der Waals surface area (Å²) in [6, 6.07) is 7.23. The van der Waals surface area contributed by atoms with Crippen molar-refractivity contribution in [3.63, 3.8) is 0 Å². The highest BCUT2D eigenvalue weighted by atomic mass is 19.2. The summed E-state index contributed by atoms with van der Waals surface area (Å²) < 4.78 is 36.7. The molecule has 1 aliphatic heterocycles. The van der Waals surface area contributed by atoms with Gasteiger partial charge in [0.15, 0.2) is 17.4 Å². The van der Waals surface area contributed by atoms with Gasteiger partial charge >= 0.3 is 0 Å². The van der Waals surface area contributed by atoms with Crippen LogP contribution in [-0.4, -0.2) is 32.7 Å². The van der Waals surface area contributed by atoms with E-state index in [2.05, 4.69) is 5.32 Å². The lowest BCUT2D eigenvalue weighted by atomic mass is 10.1. The number of amides is 1. The third kappa shape index (κ3) is 4.17. The van der Waals surface area contributed by atoms with Crippen LogP contribution in [0.15, 0.2) is 34.7 Å². The van der Waals surface area contributed by atoms with Crippen molar-refractivity contribution in [3.05, 3.63) is 53.5 Å². The molecule has 1 atom stereocenters. The number of anilines is 1. The quantitative estimate of drug-likeness (QED) is 0.870. The number of methoxy groups -OCH3 is 1. The van der Waals surface area contributed by atoms with Crippen molar-refractivity contribution >= 4 is 11.6 Å². The summed E-state index contributed by atoms with van der Waals surface area (Å²) in [4.78, 5) is 14.1. The molecule has 134 valence electrons. The normalized spacial score (nSPS) is 17.1. The summed E-state index contributed by atoms with van der Waals surface area (Å²) in [5, 5.41) is 2.85. The largest absolute Gasteiger partial charge is 0.453 e. The molecule has 0 radical (unpaired) electrons. The van der Waals surface area contributed by atoms with Crippen LogP contribution in [0.25, 0.3) is 0 Å². The minimum absolute atomic E-state index is 0.241. The summed E-state index contributed by atoms with van der Waals surface area (Å²) in [6.45, 7) is 2.24. The number of benzene rings is 1. The van der Waals surface area contributed by atoms with Crippen molar-refractivity contribution in [1.82, 2.24) is 5.32 Å². The van der Waals surface area contributed by atoms with Crippen molar-refractivity contribution in [1.29, 1.82) is 0 Å². The van der Waals surface area contributed by atoms with Crippen LogP contribution >= 0.6 is 0 Å². The number of hydrogen-bond donors (Lipinski definition) is 1. The molecule has 0 aliphatic carbocycles. The van der Waals surface area contributed by atoms with E-state index < -0.39 is 11.6 Å². The first kappa shape index (κ1) is 17.4. The molecule has 7 heteroatoms. The minimum Gasteiger partial charge on any atom is -0.453 e. The second kappa shape index (κ2) is 7.65. The number of carbonyl (C=O) groups excluding carboxylic acids is 1. The van der Waals surface area contributed by atoms with Gasteiger partial charge in [-0.15, -0.1) is 0 Å². The van der Waals surface area contributed by atoms with Gasteiger partial charge in [-0.1, -0.05) is 0 Å². The zero-order valence-corrected chi connectivity index (χ0v) is 13.9. The lowest BCUT2D eigenvalue weighted by molar-refractivity contribution is 0.0912. The average molecular weight is 350 g/mol. The molecular formula is C18H20F2N2O3. The SMILES string of the molecule is COCc1ccc(C(=O)NCC2CCN(c3ccc(F)c(F)c3)C2)o1. The molecule has 0 saturated carbocycles. The van der Waals surface area contributed by atoms with E-state index >= 15 is 0 Å². The summed E-state index contributed by atoms with van der Waals surface area (Å²) in [5.74, 6) is -0.878. The van der Waals surface area contributed by atoms with Gasteiger partial charge in [0, 0.05) is 38.5 Å². The Morgan fingerprint density at radius 2 is 2.16 bits per heavy atom. The van der Waals surface area contributed by atoms with Gasteiger partial charge in [0.05, 0.1) is 0 Å². The lowest BCUT2D eigenvalue weighted by Gasteiger charge is -2.19. The first-order valence-corrected chi connectivity index (χ1v) is 8.12. The van der Waals surface area contributed by atoms with E-state index in [0.717, 1.165) is 19.0 Å². The van der Waals surface area contributed by atoms with E-state index in [1.807, 2.05) is 4.90 Å². The third-order valence-electron chi connectivity index (χ3n) is 4.28. The van der Waals surface area contributed by atoms with Crippen molar-refractivity contribution in [2.75, 3.05) is 31.6 Å². The maximum absolute atomic E-state index is 13.4. The predicted octanol–water partition coefficient (Wildman–Crippen LogP) is 2.96. The van der Waals surface area contributed by atoms with Crippen LogP contribution < -0.4 is 10.2 Å². The molecule has 0 bridgehead atoms. The summed E-state index contributed by atoms with van der Waals surface area (Å²) in [5.41, 5.74) is 0.656. The molecule has 1 aromatic carbocycles. The Morgan fingerprint density at radius 1 is 1.32 bits per heavy atom. The molecule has 1 unspecified atom stereocenters. The summed E-state index contributed by atoms with van der Waals surface area (Å²) in [7, 11) is 1.56. The van der Waals surface area contributed by atoms with Crippen LogP contribution in [0.1, 0.15) is 22.7 Å².